The molecule has 1 fully saturated rings. The van der Waals surface area contributed by atoms with Crippen molar-refractivity contribution in [3.63, 3.8) is 0 Å². The molecule has 10 nitrogen and oxygen atoms in total. The molecule has 3 aliphatic rings. The van der Waals surface area contributed by atoms with Crippen molar-refractivity contribution < 1.29 is 38.8 Å². The van der Waals surface area contributed by atoms with Crippen LogP contribution in [0.3, 0.4) is 0 Å². The second-order valence-electron chi connectivity index (χ2n) is 16.1. The van der Waals surface area contributed by atoms with Gasteiger partial charge in [-0.15, -0.1) is 18.2 Å². The standard InChI is InChI=1S/C50H59ClN2O8/c1-3-25-53(49(56)57-29-24-51)46-33-44(52-59-34-35-14-6-5-7-15-35)42-31-38(18-10-12-26-54)41(19-11-13-27-55)47-43-32-40(60-39-21-20-36-16-8-9-17-37(36)30-39)22-23-45(43)61-50(46,48(42)47)58-28-4-2/h4-9,14-17,20-23,30-32,38,41,46-48,54-55H,2-3,10-13,18-19,24-29,33-34H2,1H3/t38-,41+,46-,47+,48+,50+/m0/s1. The molecule has 4 aromatic carbocycles. The van der Waals surface area contributed by atoms with E-state index in [9.17, 15) is 15.0 Å². The first-order valence-electron chi connectivity index (χ1n) is 21.8. The molecule has 0 aromatic heterocycles. The van der Waals surface area contributed by atoms with Crippen LogP contribution >= 0.6 is 11.6 Å². The Hall–Kier alpha value is -4.87. The number of rotatable bonds is 21. The summed E-state index contributed by atoms with van der Waals surface area (Å²) < 4.78 is 26.8. The number of halogens is 1. The predicted molar refractivity (Wildman–Crippen MR) is 239 cm³/mol. The summed E-state index contributed by atoms with van der Waals surface area (Å²) in [6, 6.07) is 29.5. The van der Waals surface area contributed by atoms with Crippen LogP contribution < -0.4 is 9.47 Å². The monoisotopic (exact) mass is 850 g/mol. The Morgan fingerprint density at radius 3 is 2.44 bits per heavy atom. The van der Waals surface area contributed by atoms with E-state index in [2.05, 4.69) is 36.9 Å². The van der Waals surface area contributed by atoms with Crippen LogP contribution in [-0.4, -0.2) is 77.6 Å². The minimum atomic E-state index is -1.39. The Morgan fingerprint density at radius 1 is 0.951 bits per heavy atom. The molecule has 324 valence electrons. The number of alkyl halides is 1. The summed E-state index contributed by atoms with van der Waals surface area (Å²) in [5.41, 5.74) is 3.64. The Kier molecular flexibility index (Phi) is 15.4. The Balaban J connectivity index is 1.42. The number of amides is 1. The summed E-state index contributed by atoms with van der Waals surface area (Å²) in [7, 11) is 0. The smallest absolute Gasteiger partial charge is 0.410 e. The lowest BCUT2D eigenvalue weighted by Crippen LogP contribution is -2.70. The minimum Gasteiger partial charge on any atom is -0.459 e. The summed E-state index contributed by atoms with van der Waals surface area (Å²) in [4.78, 5) is 22.1. The number of unbranched alkanes of at least 4 members (excludes halogenated alkanes) is 2. The molecule has 0 spiro atoms. The zero-order valence-electron chi connectivity index (χ0n) is 35.1. The van der Waals surface area contributed by atoms with E-state index >= 15 is 0 Å². The van der Waals surface area contributed by atoms with Gasteiger partial charge in [0.1, 0.15) is 36.5 Å². The maximum absolute atomic E-state index is 14.2. The minimum absolute atomic E-state index is 0.0539. The van der Waals surface area contributed by atoms with Crippen molar-refractivity contribution in [3.05, 3.63) is 126 Å². The predicted octanol–water partition coefficient (Wildman–Crippen LogP) is 10.6. The van der Waals surface area contributed by atoms with Crippen LogP contribution in [0.2, 0.25) is 0 Å². The van der Waals surface area contributed by atoms with Crippen molar-refractivity contribution >= 4 is 34.2 Å². The van der Waals surface area contributed by atoms with E-state index in [4.69, 9.17) is 40.5 Å². The van der Waals surface area contributed by atoms with Gasteiger partial charge in [0.2, 0.25) is 5.79 Å². The number of aliphatic hydroxyl groups excluding tert-OH is 2. The van der Waals surface area contributed by atoms with E-state index < -0.39 is 23.8 Å². The molecule has 61 heavy (non-hydrogen) atoms. The molecule has 1 saturated carbocycles. The summed E-state index contributed by atoms with van der Waals surface area (Å²) >= 11 is 6.05. The number of fused-ring (bicyclic) bond motifs is 3. The van der Waals surface area contributed by atoms with Gasteiger partial charge in [0.05, 0.1) is 24.1 Å². The van der Waals surface area contributed by atoms with Gasteiger partial charge in [0.15, 0.2) is 0 Å². The quantitative estimate of drug-likeness (QED) is 0.0368. The number of carbonyl (C=O) groups is 1. The van der Waals surface area contributed by atoms with Gasteiger partial charge in [0, 0.05) is 37.7 Å². The lowest BCUT2D eigenvalue weighted by atomic mass is 9.55. The van der Waals surface area contributed by atoms with Gasteiger partial charge in [-0.3, -0.25) is 4.90 Å². The number of carbonyl (C=O) groups excluding carboxylic acids is 1. The van der Waals surface area contributed by atoms with E-state index in [1.54, 1.807) is 11.0 Å². The van der Waals surface area contributed by atoms with Gasteiger partial charge in [-0.25, -0.2) is 4.79 Å². The number of allylic oxidation sites excluding steroid dienone is 1. The number of benzene rings is 4. The topological polar surface area (TPSA) is 119 Å². The maximum Gasteiger partial charge on any atom is 0.410 e. The van der Waals surface area contributed by atoms with Crippen molar-refractivity contribution in [2.75, 3.05) is 38.9 Å². The van der Waals surface area contributed by atoms with Crippen LogP contribution in [0.15, 0.2) is 120 Å². The van der Waals surface area contributed by atoms with Crippen molar-refractivity contribution in [1.82, 2.24) is 4.90 Å². The largest absolute Gasteiger partial charge is 0.459 e. The Morgan fingerprint density at radius 2 is 1.69 bits per heavy atom. The highest BCUT2D eigenvalue weighted by Crippen LogP contribution is 2.62. The molecule has 0 bridgehead atoms. The average molecular weight is 851 g/mol. The lowest BCUT2D eigenvalue weighted by Gasteiger charge is -2.59. The van der Waals surface area contributed by atoms with Gasteiger partial charge in [-0.1, -0.05) is 97.7 Å². The van der Waals surface area contributed by atoms with Crippen LogP contribution in [0.5, 0.6) is 17.2 Å². The van der Waals surface area contributed by atoms with E-state index in [0.29, 0.717) is 37.3 Å². The fourth-order valence-corrected chi connectivity index (χ4v) is 9.74. The van der Waals surface area contributed by atoms with Gasteiger partial charge in [0.25, 0.3) is 0 Å². The molecular formula is C50H59ClN2O8. The molecule has 6 atom stereocenters. The molecule has 1 amide bonds. The molecule has 1 aliphatic heterocycles. The number of ether oxygens (including phenoxy) is 4. The molecule has 2 aliphatic carbocycles. The number of hydrogen-bond acceptors (Lipinski definition) is 9. The van der Waals surface area contributed by atoms with Crippen LogP contribution in [0.1, 0.15) is 75.3 Å². The highest BCUT2D eigenvalue weighted by molar-refractivity contribution is 6.18. The Labute approximate surface area is 364 Å². The van der Waals surface area contributed by atoms with E-state index in [1.165, 1.54) is 0 Å². The highest BCUT2D eigenvalue weighted by Gasteiger charge is 2.65. The van der Waals surface area contributed by atoms with Gasteiger partial charge in [-0.2, -0.15) is 0 Å². The fourth-order valence-electron chi connectivity index (χ4n) is 9.66. The first-order chi connectivity index (χ1) is 29.9. The summed E-state index contributed by atoms with van der Waals surface area (Å²) in [6.07, 6.45) is 9.14. The molecule has 4 aromatic rings. The molecular weight excluding hydrogens is 792 g/mol. The van der Waals surface area contributed by atoms with Gasteiger partial charge in [-0.05, 0) is 96.2 Å². The first-order valence-corrected chi connectivity index (χ1v) is 22.4. The van der Waals surface area contributed by atoms with Crippen molar-refractivity contribution in [2.45, 2.75) is 82.6 Å². The van der Waals surface area contributed by atoms with E-state index in [0.717, 1.165) is 64.6 Å². The second-order valence-corrected chi connectivity index (χ2v) is 16.5. The molecule has 0 radical (unpaired) electrons. The summed E-state index contributed by atoms with van der Waals surface area (Å²) in [6.45, 7) is 7.12. The average Bonchev–Trinajstić information content (AvgIpc) is 3.28. The third-order valence-corrected chi connectivity index (χ3v) is 12.4. The summed E-state index contributed by atoms with van der Waals surface area (Å²) in [5.74, 6) is 0.308. The number of nitrogens with zero attached hydrogens (tertiary/aromatic N) is 2. The third kappa shape index (κ3) is 9.94. The number of aliphatic hydroxyl groups is 2. The second kappa shape index (κ2) is 21.3. The number of hydrogen-bond donors (Lipinski definition) is 2. The fraction of sp³-hybridized carbons (Fsp3) is 0.440. The molecule has 2 N–H and O–H groups in total. The third-order valence-electron chi connectivity index (χ3n) is 12.2. The van der Waals surface area contributed by atoms with Gasteiger partial charge >= 0.3 is 6.09 Å². The van der Waals surface area contributed by atoms with Crippen LogP contribution in [-0.2, 0) is 20.9 Å². The van der Waals surface area contributed by atoms with Crippen LogP contribution in [0, 0.1) is 17.8 Å². The summed E-state index contributed by atoms with van der Waals surface area (Å²) in [5, 5.41) is 27.0. The molecule has 0 saturated heterocycles. The first kappa shape index (κ1) is 44.2. The normalized spacial score (nSPS) is 23.3. The van der Waals surface area contributed by atoms with E-state index in [-0.39, 0.29) is 63.1 Å². The van der Waals surface area contributed by atoms with Crippen molar-refractivity contribution in [3.8, 4) is 17.2 Å². The van der Waals surface area contributed by atoms with Crippen LogP contribution in [0.4, 0.5) is 4.79 Å². The lowest BCUT2D eigenvalue weighted by molar-refractivity contribution is -0.255. The Bertz CT molecular complexity index is 2140. The zero-order valence-corrected chi connectivity index (χ0v) is 35.9. The molecule has 7 rings (SSSR count). The molecule has 11 heteroatoms. The van der Waals surface area contributed by atoms with Crippen molar-refractivity contribution in [2.24, 2.45) is 22.9 Å². The maximum atomic E-state index is 14.2. The van der Waals surface area contributed by atoms with Crippen molar-refractivity contribution in [1.29, 1.82) is 0 Å². The zero-order chi connectivity index (χ0) is 42.6. The molecule has 1 heterocycles. The SMILES string of the molecule is C=CCO[C@@]12Oc3ccc(Oc4ccc5ccccc5c4)cc3[C@H]3[C@H](CCCCO)[C@@H](CCCCO)C=C(C(=NOCc4ccccc4)C[C@@H]1N(CCC)C(=O)OCCCl)[C@H]32. The van der Waals surface area contributed by atoms with Gasteiger partial charge < -0.3 is 34.0 Å². The van der Waals surface area contributed by atoms with E-state index in [1.807, 2.05) is 73.7 Å². The van der Waals surface area contributed by atoms with Crippen LogP contribution in [0.25, 0.3) is 10.8 Å². The number of oxime groups is 1. The highest BCUT2D eigenvalue weighted by atomic mass is 35.5. The molecule has 0 unspecified atom stereocenters.